The Morgan fingerprint density at radius 2 is 1.65 bits per heavy atom. The number of nitrogens with zero attached hydrogens (tertiary/aromatic N) is 3. The van der Waals surface area contributed by atoms with Crippen LogP contribution in [0, 0.1) is 6.92 Å². The molecule has 0 atom stereocenters. The Morgan fingerprint density at radius 3 is 2.39 bits per heavy atom. The molecular weight excluding hydrogens is 288 g/mol. The van der Waals surface area contributed by atoms with Crippen molar-refractivity contribution in [2.24, 2.45) is 0 Å². The van der Waals surface area contributed by atoms with E-state index in [2.05, 4.69) is 10.2 Å². The van der Waals surface area contributed by atoms with E-state index in [9.17, 15) is 4.79 Å². The smallest absolute Gasteiger partial charge is 0.265 e. The van der Waals surface area contributed by atoms with E-state index in [-0.39, 0.29) is 5.91 Å². The summed E-state index contributed by atoms with van der Waals surface area (Å²) in [4.78, 5) is 16.6. The van der Waals surface area contributed by atoms with Gasteiger partial charge in [-0.25, -0.2) is 0 Å². The number of hydrogen-bond acceptors (Lipinski definition) is 3. The maximum Gasteiger partial charge on any atom is 0.265 e. The third-order valence-electron chi connectivity index (χ3n) is 4.05. The summed E-state index contributed by atoms with van der Waals surface area (Å²) in [7, 11) is 0. The zero-order valence-corrected chi connectivity index (χ0v) is 12.7. The number of amides is 1. The first kappa shape index (κ1) is 13.6. The van der Waals surface area contributed by atoms with E-state index in [1.54, 1.807) is 11.1 Å². The summed E-state index contributed by atoms with van der Waals surface area (Å²) in [5.41, 5.74) is 3.64. The van der Waals surface area contributed by atoms with Crippen molar-refractivity contribution in [1.82, 2.24) is 10.2 Å². The van der Waals surface area contributed by atoms with Crippen molar-refractivity contribution in [3.05, 3.63) is 71.9 Å². The topological polar surface area (TPSA) is 52.2 Å². The van der Waals surface area contributed by atoms with Gasteiger partial charge >= 0.3 is 0 Å². The average molecular weight is 304 g/mol. The molecule has 5 heteroatoms. The molecule has 5 nitrogen and oxygen atoms in total. The van der Waals surface area contributed by atoms with Crippen molar-refractivity contribution >= 4 is 23.1 Å². The SMILES string of the molecule is Cc1ccc(N2CN(c3ccccc3)c3n[nH]cc3C2=O)cc1. The number of rotatable bonds is 2. The number of aryl methyl sites for hydroxylation is 1. The van der Waals surface area contributed by atoms with E-state index in [4.69, 9.17) is 0 Å². The van der Waals surface area contributed by atoms with Crippen LogP contribution in [-0.4, -0.2) is 22.8 Å². The third kappa shape index (κ3) is 2.26. The van der Waals surface area contributed by atoms with Gasteiger partial charge in [0.15, 0.2) is 5.82 Å². The van der Waals surface area contributed by atoms with Gasteiger partial charge in [0.2, 0.25) is 0 Å². The summed E-state index contributed by atoms with van der Waals surface area (Å²) in [5, 5.41) is 7.07. The maximum absolute atomic E-state index is 12.8. The first-order valence-corrected chi connectivity index (χ1v) is 7.49. The minimum atomic E-state index is -0.0372. The van der Waals surface area contributed by atoms with E-state index in [1.807, 2.05) is 66.4 Å². The number of hydrogen-bond donors (Lipinski definition) is 1. The number of aromatic amines is 1. The van der Waals surface area contributed by atoms with Gasteiger partial charge in [-0.1, -0.05) is 35.9 Å². The first-order chi connectivity index (χ1) is 11.2. The highest BCUT2D eigenvalue weighted by Gasteiger charge is 2.32. The first-order valence-electron chi connectivity index (χ1n) is 7.49. The number of fused-ring (bicyclic) bond motifs is 1. The largest absolute Gasteiger partial charge is 0.306 e. The lowest BCUT2D eigenvalue weighted by Gasteiger charge is -2.35. The molecule has 2 heterocycles. The summed E-state index contributed by atoms with van der Waals surface area (Å²) in [6, 6.07) is 17.9. The molecule has 0 aliphatic carbocycles. The van der Waals surface area contributed by atoms with Crippen LogP contribution in [0.5, 0.6) is 0 Å². The molecule has 1 aliphatic rings. The Kier molecular flexibility index (Phi) is 3.12. The number of H-pyrrole nitrogens is 1. The fourth-order valence-electron chi connectivity index (χ4n) is 2.80. The molecule has 4 rings (SSSR count). The molecule has 0 saturated carbocycles. The van der Waals surface area contributed by atoms with Crippen LogP contribution in [0.15, 0.2) is 60.8 Å². The van der Waals surface area contributed by atoms with Gasteiger partial charge in [0, 0.05) is 17.6 Å². The van der Waals surface area contributed by atoms with E-state index in [0.29, 0.717) is 18.1 Å². The number of anilines is 3. The molecule has 0 spiro atoms. The molecule has 1 N–H and O–H groups in total. The Bertz CT molecular complexity index is 839. The van der Waals surface area contributed by atoms with Gasteiger partial charge in [-0.05, 0) is 31.2 Å². The van der Waals surface area contributed by atoms with Crippen molar-refractivity contribution < 1.29 is 4.79 Å². The molecule has 0 radical (unpaired) electrons. The molecule has 1 aliphatic heterocycles. The molecule has 1 aromatic heterocycles. The zero-order chi connectivity index (χ0) is 15.8. The van der Waals surface area contributed by atoms with Crippen molar-refractivity contribution in [3.8, 4) is 0 Å². The second-order valence-corrected chi connectivity index (χ2v) is 5.60. The highest BCUT2D eigenvalue weighted by atomic mass is 16.2. The second kappa shape index (κ2) is 5.28. The Morgan fingerprint density at radius 1 is 0.957 bits per heavy atom. The number of carbonyl (C=O) groups is 1. The molecule has 23 heavy (non-hydrogen) atoms. The van der Waals surface area contributed by atoms with Gasteiger partial charge in [-0.15, -0.1) is 0 Å². The molecule has 1 amide bonds. The second-order valence-electron chi connectivity index (χ2n) is 5.60. The number of carbonyl (C=O) groups excluding carboxylic acids is 1. The number of nitrogens with one attached hydrogen (secondary N) is 1. The van der Waals surface area contributed by atoms with E-state index in [1.165, 1.54) is 5.56 Å². The van der Waals surface area contributed by atoms with Crippen LogP contribution in [0.3, 0.4) is 0 Å². The molecule has 0 saturated heterocycles. The highest BCUT2D eigenvalue weighted by Crippen LogP contribution is 2.33. The molecular formula is C18H16N4O. The lowest BCUT2D eigenvalue weighted by molar-refractivity contribution is 0.0983. The van der Waals surface area contributed by atoms with Gasteiger partial charge in [0.1, 0.15) is 12.2 Å². The Balaban J connectivity index is 1.79. The average Bonchev–Trinajstić information content (AvgIpc) is 3.07. The van der Waals surface area contributed by atoms with Gasteiger partial charge in [-0.2, -0.15) is 5.10 Å². The monoisotopic (exact) mass is 304 g/mol. The molecule has 0 fully saturated rings. The quantitative estimate of drug-likeness (QED) is 0.788. The van der Waals surface area contributed by atoms with E-state index >= 15 is 0 Å². The minimum Gasteiger partial charge on any atom is -0.306 e. The number of para-hydroxylation sites is 1. The van der Waals surface area contributed by atoms with Crippen LogP contribution in [0.25, 0.3) is 0 Å². The fourth-order valence-corrected chi connectivity index (χ4v) is 2.80. The highest BCUT2D eigenvalue weighted by molar-refractivity contribution is 6.11. The molecule has 0 unspecified atom stereocenters. The zero-order valence-electron chi connectivity index (χ0n) is 12.7. The van der Waals surface area contributed by atoms with Crippen molar-refractivity contribution in [3.63, 3.8) is 0 Å². The van der Waals surface area contributed by atoms with Crippen LogP contribution in [0.1, 0.15) is 15.9 Å². The summed E-state index contributed by atoms with van der Waals surface area (Å²) in [6.45, 7) is 2.47. The molecule has 2 aromatic carbocycles. The molecule has 114 valence electrons. The van der Waals surface area contributed by atoms with Crippen molar-refractivity contribution in [2.75, 3.05) is 16.5 Å². The van der Waals surface area contributed by atoms with Gasteiger partial charge in [-0.3, -0.25) is 14.8 Å². The van der Waals surface area contributed by atoms with Gasteiger partial charge < -0.3 is 4.90 Å². The van der Waals surface area contributed by atoms with Crippen LogP contribution in [0.2, 0.25) is 0 Å². The summed E-state index contributed by atoms with van der Waals surface area (Å²) < 4.78 is 0. The van der Waals surface area contributed by atoms with Crippen molar-refractivity contribution in [1.29, 1.82) is 0 Å². The van der Waals surface area contributed by atoms with Crippen LogP contribution in [0.4, 0.5) is 17.2 Å². The maximum atomic E-state index is 12.8. The summed E-state index contributed by atoms with van der Waals surface area (Å²) in [5.74, 6) is 0.634. The Hall–Kier alpha value is -3.08. The minimum absolute atomic E-state index is 0.0372. The van der Waals surface area contributed by atoms with Crippen molar-refractivity contribution in [2.45, 2.75) is 6.92 Å². The van der Waals surface area contributed by atoms with Crippen LogP contribution in [-0.2, 0) is 0 Å². The molecule has 0 bridgehead atoms. The number of benzene rings is 2. The summed E-state index contributed by atoms with van der Waals surface area (Å²) >= 11 is 0. The third-order valence-corrected chi connectivity index (χ3v) is 4.05. The normalized spacial score (nSPS) is 14.0. The van der Waals surface area contributed by atoms with E-state index < -0.39 is 0 Å². The standard InChI is InChI=1S/C18H16N4O/c1-13-7-9-15(10-8-13)22-12-21(14-5-3-2-4-6-14)17-16(18(22)23)11-19-20-17/h2-11H,12H2,1H3,(H,19,20). The molecule has 3 aromatic rings. The van der Waals surface area contributed by atoms with E-state index in [0.717, 1.165) is 11.4 Å². The van der Waals surface area contributed by atoms with Gasteiger partial charge in [0.05, 0.1) is 0 Å². The summed E-state index contributed by atoms with van der Waals surface area (Å²) in [6.07, 6.45) is 1.66. The lowest BCUT2D eigenvalue weighted by atomic mass is 10.1. The Labute approximate surface area is 134 Å². The van der Waals surface area contributed by atoms with Crippen LogP contribution >= 0.6 is 0 Å². The van der Waals surface area contributed by atoms with Crippen LogP contribution < -0.4 is 9.80 Å². The predicted molar refractivity (Wildman–Crippen MR) is 90.0 cm³/mol. The lowest BCUT2D eigenvalue weighted by Crippen LogP contribution is -2.44. The van der Waals surface area contributed by atoms with Gasteiger partial charge in [0.25, 0.3) is 5.91 Å². The number of aromatic nitrogens is 2. The predicted octanol–water partition coefficient (Wildman–Crippen LogP) is 3.47. The fraction of sp³-hybridized carbons (Fsp3) is 0.111.